The number of aliphatic carboxylic acids is 1. The van der Waals surface area contributed by atoms with Gasteiger partial charge in [-0.05, 0) is 37.7 Å². The van der Waals surface area contributed by atoms with Crippen molar-refractivity contribution in [2.45, 2.75) is 69.1 Å². The molecule has 0 unspecified atom stereocenters. The molecule has 0 saturated carbocycles. The van der Waals surface area contributed by atoms with Crippen LogP contribution in [0.2, 0.25) is 0 Å². The highest BCUT2D eigenvalue weighted by Gasteiger charge is 2.38. The van der Waals surface area contributed by atoms with Gasteiger partial charge in [0.05, 0.1) is 13.0 Å². The zero-order valence-electron chi connectivity index (χ0n) is 23.2. The summed E-state index contributed by atoms with van der Waals surface area (Å²) < 4.78 is 0. The van der Waals surface area contributed by atoms with Gasteiger partial charge in [0, 0.05) is 19.5 Å². The first-order valence-electron chi connectivity index (χ1n) is 13.9. The minimum Gasteiger partial charge on any atom is -0.481 e. The molecule has 0 aromatic heterocycles. The molecule has 3 rings (SSSR count). The van der Waals surface area contributed by atoms with Gasteiger partial charge in [0.15, 0.2) is 5.96 Å². The Morgan fingerprint density at radius 3 is 2.38 bits per heavy atom. The van der Waals surface area contributed by atoms with E-state index in [2.05, 4.69) is 26.6 Å². The number of nitrogens with two attached hydrogens (primary N) is 1. The van der Waals surface area contributed by atoms with Crippen molar-refractivity contribution in [2.24, 2.45) is 5.73 Å². The Morgan fingerprint density at radius 1 is 0.976 bits per heavy atom. The summed E-state index contributed by atoms with van der Waals surface area (Å²) in [6, 6.07) is 4.23. The van der Waals surface area contributed by atoms with Crippen LogP contribution in [0, 0.1) is 5.41 Å². The van der Waals surface area contributed by atoms with Crippen molar-refractivity contribution in [3.05, 3.63) is 35.9 Å². The molecule has 9 N–H and O–H groups in total. The first kappa shape index (κ1) is 31.8. The van der Waals surface area contributed by atoms with E-state index in [0.29, 0.717) is 25.7 Å². The summed E-state index contributed by atoms with van der Waals surface area (Å²) in [5.41, 5.74) is 6.03. The predicted octanol–water partition coefficient (Wildman–Crippen LogP) is -2.07. The third-order valence-electron chi connectivity index (χ3n) is 7.06. The van der Waals surface area contributed by atoms with E-state index < -0.39 is 72.6 Å². The average molecular weight is 587 g/mol. The van der Waals surface area contributed by atoms with Crippen molar-refractivity contribution in [3.63, 3.8) is 0 Å². The van der Waals surface area contributed by atoms with E-state index in [0.717, 1.165) is 5.56 Å². The minimum absolute atomic E-state index is 0.0653. The molecule has 0 aliphatic carbocycles. The van der Waals surface area contributed by atoms with Gasteiger partial charge in [0.2, 0.25) is 29.5 Å². The summed E-state index contributed by atoms with van der Waals surface area (Å²) in [6.45, 7) is -0.0791. The van der Waals surface area contributed by atoms with E-state index in [4.69, 9.17) is 11.1 Å². The van der Waals surface area contributed by atoms with E-state index >= 15 is 0 Å². The Balaban J connectivity index is 1.95. The zero-order valence-corrected chi connectivity index (χ0v) is 23.2. The number of benzene rings is 1. The van der Waals surface area contributed by atoms with Crippen LogP contribution in [0.15, 0.2) is 30.3 Å². The highest BCUT2D eigenvalue weighted by molar-refractivity contribution is 5.98. The molecule has 2 fully saturated rings. The summed E-state index contributed by atoms with van der Waals surface area (Å²) in [7, 11) is 0. The van der Waals surface area contributed by atoms with E-state index in [-0.39, 0.29) is 31.9 Å². The number of amides is 5. The average Bonchev–Trinajstić information content (AvgIpc) is 2.96. The Kier molecular flexibility index (Phi) is 11.6. The van der Waals surface area contributed by atoms with Crippen LogP contribution < -0.4 is 32.3 Å². The number of nitrogens with one attached hydrogen (secondary N) is 6. The molecule has 0 radical (unpaired) electrons. The lowest BCUT2D eigenvalue weighted by Crippen LogP contribution is -2.60. The predicted molar refractivity (Wildman–Crippen MR) is 150 cm³/mol. The fourth-order valence-electron chi connectivity index (χ4n) is 4.98. The molecule has 15 nitrogen and oxygen atoms in total. The lowest BCUT2D eigenvalue weighted by molar-refractivity contribution is -0.146. The summed E-state index contributed by atoms with van der Waals surface area (Å²) in [5, 5.41) is 29.3. The quantitative estimate of drug-likeness (QED) is 0.0947. The topological polar surface area (TPSA) is 236 Å². The summed E-state index contributed by atoms with van der Waals surface area (Å²) in [5.74, 6) is -5.06. The molecule has 2 saturated heterocycles. The Morgan fingerprint density at radius 2 is 1.69 bits per heavy atom. The van der Waals surface area contributed by atoms with Gasteiger partial charge in [0.1, 0.15) is 24.2 Å². The van der Waals surface area contributed by atoms with Gasteiger partial charge in [-0.25, -0.2) is 0 Å². The maximum Gasteiger partial charge on any atom is 0.305 e. The number of carbonyl (C=O) groups excluding carboxylic acids is 5. The summed E-state index contributed by atoms with van der Waals surface area (Å²) in [4.78, 5) is 79.3. The van der Waals surface area contributed by atoms with Gasteiger partial charge >= 0.3 is 5.97 Å². The largest absolute Gasteiger partial charge is 0.481 e. The molecule has 4 atom stereocenters. The minimum atomic E-state index is -1.52. The lowest BCUT2D eigenvalue weighted by atomic mass is 9.97. The second-order valence-electron chi connectivity index (χ2n) is 10.3. The third kappa shape index (κ3) is 9.45. The Hall–Kier alpha value is -4.69. The number of carboxylic acids is 1. The van der Waals surface area contributed by atoms with E-state index in [1.807, 2.05) is 0 Å². The van der Waals surface area contributed by atoms with Crippen LogP contribution in [-0.4, -0.2) is 95.3 Å². The van der Waals surface area contributed by atoms with Crippen molar-refractivity contribution >= 4 is 41.5 Å². The number of fused-ring (bicyclic) bond motifs is 1. The van der Waals surface area contributed by atoms with Crippen LogP contribution >= 0.6 is 0 Å². The SMILES string of the molecule is N=C(N)NCCC[C@@H]1NC(=O)[C@@H]2CCCCN2C(=O)[C@@H](Cc2ccccc2)NC(=O)[C@H](CC(=O)O)NC(=O)CNC1=O. The van der Waals surface area contributed by atoms with Crippen LogP contribution in [-0.2, 0) is 35.2 Å². The molecule has 1 aromatic rings. The molecule has 228 valence electrons. The molecular formula is C27H38N8O7. The third-order valence-corrected chi connectivity index (χ3v) is 7.06. The normalized spacial score (nSPS) is 24.1. The van der Waals surface area contributed by atoms with E-state index in [1.54, 1.807) is 30.3 Å². The van der Waals surface area contributed by atoms with Crippen molar-refractivity contribution in [1.82, 2.24) is 31.5 Å². The number of carboxylic acid groups (broad SMARTS) is 1. The number of piperidine rings is 1. The second kappa shape index (κ2) is 15.3. The number of rotatable bonds is 8. The van der Waals surface area contributed by atoms with E-state index in [1.165, 1.54) is 4.90 Å². The highest BCUT2D eigenvalue weighted by atomic mass is 16.4. The van der Waals surface area contributed by atoms with Crippen LogP contribution in [0.25, 0.3) is 0 Å². The van der Waals surface area contributed by atoms with Crippen molar-refractivity contribution in [2.75, 3.05) is 19.6 Å². The molecule has 5 amide bonds. The molecular weight excluding hydrogens is 548 g/mol. The second-order valence-corrected chi connectivity index (χ2v) is 10.3. The number of guanidine groups is 1. The first-order valence-corrected chi connectivity index (χ1v) is 13.9. The monoisotopic (exact) mass is 586 g/mol. The number of nitrogens with zero attached hydrogens (tertiary/aromatic N) is 1. The lowest BCUT2D eigenvalue weighted by Gasteiger charge is -2.37. The number of hydrogen-bond acceptors (Lipinski definition) is 7. The molecule has 1 aromatic carbocycles. The van der Waals surface area contributed by atoms with E-state index in [9.17, 15) is 33.9 Å². The van der Waals surface area contributed by atoms with Gasteiger partial charge in [-0.15, -0.1) is 0 Å². The fourth-order valence-corrected chi connectivity index (χ4v) is 4.98. The maximum absolute atomic E-state index is 13.9. The molecule has 0 spiro atoms. The van der Waals surface area contributed by atoms with Crippen LogP contribution in [0.1, 0.15) is 44.1 Å². The van der Waals surface area contributed by atoms with Gasteiger partial charge in [-0.2, -0.15) is 0 Å². The Bertz CT molecular complexity index is 1180. The highest BCUT2D eigenvalue weighted by Crippen LogP contribution is 2.20. The molecule has 2 heterocycles. The molecule has 42 heavy (non-hydrogen) atoms. The van der Waals surface area contributed by atoms with Crippen molar-refractivity contribution in [3.8, 4) is 0 Å². The molecule has 15 heteroatoms. The summed E-state index contributed by atoms with van der Waals surface area (Å²) in [6.07, 6.45) is 1.42. The van der Waals surface area contributed by atoms with Crippen molar-refractivity contribution in [1.29, 1.82) is 5.41 Å². The maximum atomic E-state index is 13.9. The number of carbonyl (C=O) groups is 6. The van der Waals surface area contributed by atoms with Gasteiger partial charge in [-0.1, -0.05) is 30.3 Å². The van der Waals surface area contributed by atoms with Crippen LogP contribution in [0.3, 0.4) is 0 Å². The van der Waals surface area contributed by atoms with Crippen LogP contribution in [0.4, 0.5) is 0 Å². The molecule has 2 aliphatic heterocycles. The molecule has 2 aliphatic rings. The summed E-state index contributed by atoms with van der Waals surface area (Å²) >= 11 is 0. The zero-order chi connectivity index (χ0) is 30.6. The first-order chi connectivity index (χ1) is 20.0. The smallest absolute Gasteiger partial charge is 0.305 e. The Labute approximate surface area is 242 Å². The van der Waals surface area contributed by atoms with Gasteiger partial charge in [-0.3, -0.25) is 34.2 Å². The van der Waals surface area contributed by atoms with Gasteiger partial charge in [0.25, 0.3) is 0 Å². The number of hydrogen-bond donors (Lipinski definition) is 8. The molecule has 0 bridgehead atoms. The van der Waals surface area contributed by atoms with Crippen LogP contribution in [0.5, 0.6) is 0 Å². The standard InChI is InChI=1S/C27H38N8O7/c28-27(29)30-11-6-9-17-23(39)31-15-21(36)32-18(14-22(37)38)24(40)34-19(13-16-7-2-1-3-8-16)26(42)35-12-5-4-10-20(35)25(41)33-17/h1-3,7-8,17-20H,4-6,9-15H2,(H,31,39)(H,32,36)(H,33,41)(H,34,40)(H,37,38)(H4,28,29,30)/t17-,18-,19+,20-/m0/s1. The van der Waals surface area contributed by atoms with Crippen molar-refractivity contribution < 1.29 is 33.9 Å². The van der Waals surface area contributed by atoms with Gasteiger partial charge < -0.3 is 42.3 Å². The fraction of sp³-hybridized carbons (Fsp3) is 0.519.